The Kier molecular flexibility index (Phi) is 5.11. The van der Waals surface area contributed by atoms with Crippen LogP contribution in [0.3, 0.4) is 0 Å². The number of rotatable bonds is 7. The van der Waals surface area contributed by atoms with Crippen LogP contribution in [0.15, 0.2) is 28.7 Å². The van der Waals surface area contributed by atoms with Gasteiger partial charge in [0.1, 0.15) is 18.1 Å². The van der Waals surface area contributed by atoms with Gasteiger partial charge in [0, 0.05) is 17.7 Å². The minimum Gasteiger partial charge on any atom is -0.463 e. The summed E-state index contributed by atoms with van der Waals surface area (Å²) in [6.07, 6.45) is 1.94. The minimum atomic E-state index is -0.732. The first-order valence-electron chi connectivity index (χ1n) is 8.28. The van der Waals surface area contributed by atoms with Crippen LogP contribution in [0.25, 0.3) is 0 Å². The summed E-state index contributed by atoms with van der Waals surface area (Å²) in [5.74, 6) is -1.05. The van der Waals surface area contributed by atoms with Gasteiger partial charge < -0.3 is 19.2 Å². The fourth-order valence-corrected chi connectivity index (χ4v) is 2.51. The van der Waals surface area contributed by atoms with Crippen LogP contribution in [0.5, 0.6) is 0 Å². The van der Waals surface area contributed by atoms with Crippen molar-refractivity contribution in [3.8, 4) is 0 Å². The number of aryl methyl sites for hydroxylation is 1. The lowest BCUT2D eigenvalue weighted by Crippen LogP contribution is -2.08. The van der Waals surface area contributed by atoms with Gasteiger partial charge >= 0.3 is 11.9 Å². The molecule has 1 N–H and O–H groups in total. The monoisotopic (exact) mass is 374 g/mol. The van der Waals surface area contributed by atoms with E-state index in [1.54, 1.807) is 13.0 Å². The summed E-state index contributed by atoms with van der Waals surface area (Å²) in [6, 6.07) is 5.95. The second-order valence-corrected chi connectivity index (χ2v) is 6.20. The smallest absolute Gasteiger partial charge is 0.374 e. The number of nitro benzene ring substituents is 1. The van der Waals surface area contributed by atoms with Crippen molar-refractivity contribution >= 4 is 23.3 Å². The molecule has 0 aliphatic heterocycles. The molecule has 2 aromatic rings. The largest absolute Gasteiger partial charge is 0.463 e. The van der Waals surface area contributed by atoms with Gasteiger partial charge in [-0.25, -0.2) is 9.59 Å². The van der Waals surface area contributed by atoms with Crippen molar-refractivity contribution in [2.75, 3.05) is 12.4 Å². The van der Waals surface area contributed by atoms with Crippen LogP contribution in [0, 0.1) is 17.0 Å². The number of nitrogens with one attached hydrogen (secondary N) is 1. The fourth-order valence-electron chi connectivity index (χ4n) is 2.51. The maximum atomic E-state index is 12.2. The van der Waals surface area contributed by atoms with Gasteiger partial charge in [-0.3, -0.25) is 10.1 Å². The summed E-state index contributed by atoms with van der Waals surface area (Å²) in [5.41, 5.74) is 0.806. The molecule has 0 bridgehead atoms. The van der Waals surface area contributed by atoms with E-state index in [1.807, 2.05) is 0 Å². The zero-order valence-corrected chi connectivity index (χ0v) is 14.8. The molecule has 9 heteroatoms. The van der Waals surface area contributed by atoms with Gasteiger partial charge in [-0.15, -0.1) is 0 Å². The van der Waals surface area contributed by atoms with E-state index in [9.17, 15) is 19.7 Å². The van der Waals surface area contributed by atoms with E-state index >= 15 is 0 Å². The number of esters is 2. The number of methoxy groups -OCH3 is 1. The molecule has 1 heterocycles. The zero-order chi connectivity index (χ0) is 19.6. The van der Waals surface area contributed by atoms with Crippen molar-refractivity contribution < 1.29 is 28.4 Å². The van der Waals surface area contributed by atoms with Gasteiger partial charge in [0.25, 0.3) is 5.69 Å². The second-order valence-electron chi connectivity index (χ2n) is 6.20. The SMILES string of the molecule is COC(=O)c1oc(COC(=O)c2ccc(NC3CC3)c([N+](=O)[O-])c2)cc1C. The van der Waals surface area contributed by atoms with Crippen molar-refractivity contribution in [1.82, 2.24) is 0 Å². The number of carbonyl (C=O) groups is 2. The molecule has 1 aromatic heterocycles. The van der Waals surface area contributed by atoms with Crippen LogP contribution in [-0.4, -0.2) is 30.0 Å². The first kappa shape index (κ1) is 18.4. The fraction of sp³-hybridized carbons (Fsp3) is 0.333. The van der Waals surface area contributed by atoms with Crippen LogP contribution in [0.4, 0.5) is 11.4 Å². The van der Waals surface area contributed by atoms with Crippen LogP contribution < -0.4 is 5.32 Å². The molecule has 1 saturated carbocycles. The van der Waals surface area contributed by atoms with Gasteiger partial charge in [0.2, 0.25) is 5.76 Å². The Hall–Kier alpha value is -3.36. The van der Waals surface area contributed by atoms with E-state index in [0.717, 1.165) is 12.8 Å². The lowest BCUT2D eigenvalue weighted by Gasteiger charge is -2.07. The Bertz CT molecular complexity index is 899. The summed E-state index contributed by atoms with van der Waals surface area (Å²) >= 11 is 0. The molecule has 0 unspecified atom stereocenters. The maximum Gasteiger partial charge on any atom is 0.374 e. The van der Waals surface area contributed by atoms with Crippen molar-refractivity contribution in [2.45, 2.75) is 32.4 Å². The normalized spacial score (nSPS) is 13.1. The summed E-state index contributed by atoms with van der Waals surface area (Å²) < 4.78 is 15.0. The highest BCUT2D eigenvalue weighted by Gasteiger charge is 2.26. The summed E-state index contributed by atoms with van der Waals surface area (Å²) in [6.45, 7) is 1.45. The van der Waals surface area contributed by atoms with Gasteiger partial charge in [0.05, 0.1) is 17.6 Å². The van der Waals surface area contributed by atoms with Crippen LogP contribution in [-0.2, 0) is 16.1 Å². The lowest BCUT2D eigenvalue weighted by molar-refractivity contribution is -0.384. The summed E-state index contributed by atoms with van der Waals surface area (Å²) in [7, 11) is 1.23. The van der Waals surface area contributed by atoms with Crippen molar-refractivity contribution in [1.29, 1.82) is 0 Å². The first-order chi connectivity index (χ1) is 12.9. The maximum absolute atomic E-state index is 12.2. The Balaban J connectivity index is 1.69. The Morgan fingerprint density at radius 3 is 2.67 bits per heavy atom. The average Bonchev–Trinajstić information content (AvgIpc) is 3.39. The zero-order valence-electron chi connectivity index (χ0n) is 14.8. The molecule has 3 rings (SSSR count). The van der Waals surface area contributed by atoms with E-state index in [1.165, 1.54) is 25.3 Å². The number of carbonyl (C=O) groups excluding carboxylic acids is 2. The molecule has 27 heavy (non-hydrogen) atoms. The molecule has 0 saturated heterocycles. The first-order valence-corrected chi connectivity index (χ1v) is 8.28. The second kappa shape index (κ2) is 7.48. The van der Waals surface area contributed by atoms with Crippen LogP contribution in [0.1, 0.15) is 45.1 Å². The summed E-state index contributed by atoms with van der Waals surface area (Å²) in [4.78, 5) is 34.5. The predicted molar refractivity (Wildman–Crippen MR) is 93.6 cm³/mol. The number of ether oxygens (including phenoxy) is 2. The highest BCUT2D eigenvalue weighted by atomic mass is 16.6. The van der Waals surface area contributed by atoms with Crippen molar-refractivity contribution in [2.24, 2.45) is 0 Å². The van der Waals surface area contributed by atoms with E-state index in [-0.39, 0.29) is 35.4 Å². The quantitative estimate of drug-likeness (QED) is 0.445. The van der Waals surface area contributed by atoms with Gasteiger partial charge in [-0.05, 0) is 38.0 Å². The third-order valence-electron chi connectivity index (χ3n) is 4.05. The van der Waals surface area contributed by atoms with Crippen molar-refractivity contribution in [3.63, 3.8) is 0 Å². The Morgan fingerprint density at radius 2 is 2.04 bits per heavy atom. The molecule has 1 aliphatic carbocycles. The topological polar surface area (TPSA) is 121 Å². The van der Waals surface area contributed by atoms with Crippen molar-refractivity contribution in [3.05, 3.63) is 57.0 Å². The molecule has 0 radical (unpaired) electrons. The molecule has 9 nitrogen and oxygen atoms in total. The third-order valence-corrected chi connectivity index (χ3v) is 4.05. The summed E-state index contributed by atoms with van der Waals surface area (Å²) in [5, 5.41) is 14.3. The van der Waals surface area contributed by atoms with E-state index in [0.29, 0.717) is 11.3 Å². The Labute approximate surface area is 154 Å². The number of benzene rings is 1. The van der Waals surface area contributed by atoms with E-state index in [4.69, 9.17) is 9.15 Å². The molecule has 0 atom stereocenters. The highest BCUT2D eigenvalue weighted by Crippen LogP contribution is 2.31. The van der Waals surface area contributed by atoms with Gasteiger partial charge in [-0.2, -0.15) is 0 Å². The molecular weight excluding hydrogens is 356 g/mol. The number of nitro groups is 1. The number of hydrogen-bond acceptors (Lipinski definition) is 8. The molecule has 0 amide bonds. The minimum absolute atomic E-state index is 0.0368. The molecule has 1 aromatic carbocycles. The molecule has 1 fully saturated rings. The van der Waals surface area contributed by atoms with E-state index in [2.05, 4.69) is 10.1 Å². The number of hydrogen-bond donors (Lipinski definition) is 1. The third kappa shape index (κ3) is 4.25. The average molecular weight is 374 g/mol. The lowest BCUT2D eigenvalue weighted by atomic mass is 10.1. The molecule has 1 aliphatic rings. The number of furan rings is 1. The van der Waals surface area contributed by atoms with Gasteiger partial charge in [0.15, 0.2) is 0 Å². The number of anilines is 1. The van der Waals surface area contributed by atoms with E-state index < -0.39 is 16.9 Å². The van der Waals surface area contributed by atoms with Gasteiger partial charge in [-0.1, -0.05) is 0 Å². The molecule has 0 spiro atoms. The highest BCUT2D eigenvalue weighted by molar-refractivity contribution is 5.91. The molecule has 142 valence electrons. The van der Waals surface area contributed by atoms with Crippen LogP contribution in [0.2, 0.25) is 0 Å². The Morgan fingerprint density at radius 1 is 1.30 bits per heavy atom. The van der Waals surface area contributed by atoms with Crippen LogP contribution >= 0.6 is 0 Å². The standard InChI is InChI=1S/C18H18N2O7/c1-10-7-13(27-16(10)18(22)25-2)9-26-17(21)11-3-6-14(19-12-4-5-12)15(8-11)20(23)24/h3,6-8,12,19H,4-5,9H2,1-2H3. The number of nitrogens with zero attached hydrogens (tertiary/aromatic N) is 1. The molecular formula is C18H18N2O7. The predicted octanol–water partition coefficient (Wildman–Crippen LogP) is 3.21.